The van der Waals surface area contributed by atoms with E-state index in [1.807, 2.05) is 0 Å². The average Bonchev–Trinajstić information content (AvgIpc) is 2.74. The largest absolute Gasteiger partial charge is 0.480 e. The predicted octanol–water partition coefficient (Wildman–Crippen LogP) is 1.53. The highest BCUT2D eigenvalue weighted by molar-refractivity contribution is 5.81. The predicted molar refractivity (Wildman–Crippen MR) is 61.5 cm³/mol. The van der Waals surface area contributed by atoms with Crippen molar-refractivity contribution in [2.75, 3.05) is 6.54 Å². The van der Waals surface area contributed by atoms with E-state index < -0.39 is 5.97 Å². The SMILES string of the molecule is CC(C)N(CC(=O)O)C(=O)CCc1ccco1. The van der Waals surface area contributed by atoms with Gasteiger partial charge in [0.25, 0.3) is 0 Å². The Morgan fingerprint density at radius 3 is 2.65 bits per heavy atom. The number of hydrogen-bond donors (Lipinski definition) is 1. The van der Waals surface area contributed by atoms with E-state index in [1.165, 1.54) is 4.90 Å². The standard InChI is InChI=1S/C12H17NO4/c1-9(2)13(8-12(15)16)11(14)6-5-10-4-3-7-17-10/h3-4,7,9H,5-6,8H2,1-2H3,(H,15,16). The van der Waals surface area contributed by atoms with Gasteiger partial charge < -0.3 is 14.4 Å². The van der Waals surface area contributed by atoms with Gasteiger partial charge in [-0.25, -0.2) is 0 Å². The Morgan fingerprint density at radius 2 is 2.18 bits per heavy atom. The first-order chi connectivity index (χ1) is 8.00. The molecule has 0 spiro atoms. The summed E-state index contributed by atoms with van der Waals surface area (Å²) in [6.07, 6.45) is 2.31. The van der Waals surface area contributed by atoms with Crippen LogP contribution in [0, 0.1) is 0 Å². The van der Waals surface area contributed by atoms with Gasteiger partial charge in [0.2, 0.25) is 5.91 Å². The van der Waals surface area contributed by atoms with Gasteiger partial charge in [0.05, 0.1) is 6.26 Å². The second-order valence-electron chi connectivity index (χ2n) is 4.09. The lowest BCUT2D eigenvalue weighted by Crippen LogP contribution is -2.40. The van der Waals surface area contributed by atoms with Crippen molar-refractivity contribution < 1.29 is 19.1 Å². The van der Waals surface area contributed by atoms with Crippen LogP contribution in [-0.4, -0.2) is 34.5 Å². The van der Waals surface area contributed by atoms with Crippen LogP contribution in [0.5, 0.6) is 0 Å². The van der Waals surface area contributed by atoms with Gasteiger partial charge >= 0.3 is 5.97 Å². The number of rotatable bonds is 6. The Kier molecular flexibility index (Phi) is 4.75. The number of nitrogens with zero attached hydrogens (tertiary/aromatic N) is 1. The minimum atomic E-state index is -0.995. The molecule has 0 saturated carbocycles. The van der Waals surface area contributed by atoms with Crippen molar-refractivity contribution in [1.82, 2.24) is 4.90 Å². The number of carbonyl (C=O) groups excluding carboxylic acids is 1. The maximum Gasteiger partial charge on any atom is 0.323 e. The van der Waals surface area contributed by atoms with Crippen molar-refractivity contribution in [3.8, 4) is 0 Å². The molecular formula is C12H17NO4. The number of hydrogen-bond acceptors (Lipinski definition) is 3. The number of aryl methyl sites for hydroxylation is 1. The van der Waals surface area contributed by atoms with E-state index in [-0.39, 0.29) is 24.9 Å². The molecule has 0 aromatic carbocycles. The summed E-state index contributed by atoms with van der Waals surface area (Å²) in [6.45, 7) is 3.34. The molecule has 0 aliphatic carbocycles. The third kappa shape index (κ3) is 4.30. The zero-order valence-corrected chi connectivity index (χ0v) is 10.0. The van der Waals surface area contributed by atoms with Crippen LogP contribution in [0.2, 0.25) is 0 Å². The molecule has 1 aromatic rings. The van der Waals surface area contributed by atoms with Gasteiger partial charge in [0.15, 0.2) is 0 Å². The molecule has 0 bridgehead atoms. The molecule has 5 nitrogen and oxygen atoms in total. The molecule has 0 atom stereocenters. The average molecular weight is 239 g/mol. The van der Waals surface area contributed by atoms with E-state index in [9.17, 15) is 9.59 Å². The zero-order chi connectivity index (χ0) is 12.8. The van der Waals surface area contributed by atoms with Crippen LogP contribution in [0.15, 0.2) is 22.8 Å². The third-order valence-corrected chi connectivity index (χ3v) is 2.41. The van der Waals surface area contributed by atoms with Crippen molar-refractivity contribution in [2.45, 2.75) is 32.7 Å². The van der Waals surface area contributed by atoms with Crippen molar-refractivity contribution in [2.24, 2.45) is 0 Å². The summed E-state index contributed by atoms with van der Waals surface area (Å²) >= 11 is 0. The fourth-order valence-corrected chi connectivity index (χ4v) is 1.53. The van der Waals surface area contributed by atoms with E-state index >= 15 is 0 Å². The van der Waals surface area contributed by atoms with E-state index in [1.54, 1.807) is 32.2 Å². The molecule has 5 heteroatoms. The van der Waals surface area contributed by atoms with Gasteiger partial charge in [-0.1, -0.05) is 0 Å². The molecule has 17 heavy (non-hydrogen) atoms. The molecule has 1 heterocycles. The lowest BCUT2D eigenvalue weighted by Gasteiger charge is -2.24. The lowest BCUT2D eigenvalue weighted by molar-refractivity contribution is -0.145. The minimum Gasteiger partial charge on any atom is -0.480 e. The summed E-state index contributed by atoms with van der Waals surface area (Å²) in [7, 11) is 0. The monoisotopic (exact) mass is 239 g/mol. The Balaban J connectivity index is 2.50. The Bertz CT molecular complexity index is 370. The maximum atomic E-state index is 11.8. The molecule has 0 fully saturated rings. The molecule has 0 radical (unpaired) electrons. The summed E-state index contributed by atoms with van der Waals surface area (Å²) < 4.78 is 5.12. The molecule has 0 unspecified atom stereocenters. The van der Waals surface area contributed by atoms with Crippen LogP contribution in [0.1, 0.15) is 26.0 Å². The quantitative estimate of drug-likeness (QED) is 0.817. The summed E-state index contributed by atoms with van der Waals surface area (Å²) in [6, 6.07) is 3.44. The first-order valence-corrected chi connectivity index (χ1v) is 5.54. The van der Waals surface area contributed by atoms with Gasteiger partial charge in [-0.2, -0.15) is 0 Å². The van der Waals surface area contributed by atoms with E-state index in [0.717, 1.165) is 5.76 Å². The summed E-state index contributed by atoms with van der Waals surface area (Å²) in [5, 5.41) is 8.72. The number of aliphatic carboxylic acids is 1. The molecule has 0 saturated heterocycles. The van der Waals surface area contributed by atoms with Gasteiger partial charge in [0, 0.05) is 18.9 Å². The van der Waals surface area contributed by atoms with Gasteiger partial charge in [-0.3, -0.25) is 9.59 Å². The fourth-order valence-electron chi connectivity index (χ4n) is 1.53. The second kappa shape index (κ2) is 6.08. The highest BCUT2D eigenvalue weighted by Crippen LogP contribution is 2.07. The smallest absolute Gasteiger partial charge is 0.323 e. The number of carbonyl (C=O) groups is 2. The second-order valence-corrected chi connectivity index (χ2v) is 4.09. The molecule has 1 aromatic heterocycles. The van der Waals surface area contributed by atoms with Gasteiger partial charge in [-0.15, -0.1) is 0 Å². The molecule has 0 aliphatic rings. The van der Waals surface area contributed by atoms with Crippen molar-refractivity contribution in [1.29, 1.82) is 0 Å². The molecule has 0 aliphatic heterocycles. The van der Waals surface area contributed by atoms with E-state index in [2.05, 4.69) is 0 Å². The Hall–Kier alpha value is -1.78. The van der Waals surface area contributed by atoms with Gasteiger partial charge in [0.1, 0.15) is 12.3 Å². The number of furan rings is 1. The summed E-state index contributed by atoms with van der Waals surface area (Å²) in [5.41, 5.74) is 0. The first-order valence-electron chi connectivity index (χ1n) is 5.54. The van der Waals surface area contributed by atoms with Crippen molar-refractivity contribution in [3.05, 3.63) is 24.2 Å². The van der Waals surface area contributed by atoms with Crippen LogP contribution in [0.3, 0.4) is 0 Å². The van der Waals surface area contributed by atoms with Crippen molar-refractivity contribution >= 4 is 11.9 Å². The van der Waals surface area contributed by atoms with Crippen LogP contribution in [0.4, 0.5) is 0 Å². The van der Waals surface area contributed by atoms with Crippen LogP contribution in [0.25, 0.3) is 0 Å². The highest BCUT2D eigenvalue weighted by Gasteiger charge is 2.19. The van der Waals surface area contributed by atoms with Crippen LogP contribution in [-0.2, 0) is 16.0 Å². The number of amides is 1. The zero-order valence-electron chi connectivity index (χ0n) is 10.0. The topological polar surface area (TPSA) is 70.8 Å². The lowest BCUT2D eigenvalue weighted by atomic mass is 10.2. The molecule has 94 valence electrons. The summed E-state index contributed by atoms with van der Waals surface area (Å²) in [5.74, 6) is -0.429. The first kappa shape index (κ1) is 13.3. The highest BCUT2D eigenvalue weighted by atomic mass is 16.4. The molecule has 1 rings (SSSR count). The number of carboxylic acids is 1. The van der Waals surface area contributed by atoms with Gasteiger partial charge in [-0.05, 0) is 26.0 Å². The Morgan fingerprint density at radius 1 is 1.47 bits per heavy atom. The molecular weight excluding hydrogens is 222 g/mol. The molecule has 1 amide bonds. The third-order valence-electron chi connectivity index (χ3n) is 2.41. The van der Waals surface area contributed by atoms with Crippen LogP contribution < -0.4 is 0 Å². The molecule has 1 N–H and O–H groups in total. The minimum absolute atomic E-state index is 0.116. The van der Waals surface area contributed by atoms with Crippen LogP contribution >= 0.6 is 0 Å². The normalized spacial score (nSPS) is 10.5. The number of carboxylic acid groups (broad SMARTS) is 1. The maximum absolute atomic E-state index is 11.8. The summed E-state index contributed by atoms with van der Waals surface area (Å²) in [4.78, 5) is 23.8. The van der Waals surface area contributed by atoms with Crippen molar-refractivity contribution in [3.63, 3.8) is 0 Å². The Labute approximate surface area is 100 Å². The van der Waals surface area contributed by atoms with E-state index in [4.69, 9.17) is 9.52 Å². The van der Waals surface area contributed by atoms with E-state index in [0.29, 0.717) is 6.42 Å². The fraction of sp³-hybridized carbons (Fsp3) is 0.500.